The minimum atomic E-state index is 0.445. The molecule has 1 heterocycles. The minimum Gasteiger partial charge on any atom is -0.460 e. The van der Waals surface area contributed by atoms with E-state index in [2.05, 4.69) is 41.8 Å². The van der Waals surface area contributed by atoms with Crippen LogP contribution in [0.2, 0.25) is 5.02 Å². The molecule has 1 N–H and O–H groups in total. The van der Waals surface area contributed by atoms with Gasteiger partial charge >= 0.3 is 0 Å². The van der Waals surface area contributed by atoms with E-state index in [1.165, 1.54) is 0 Å². The number of halogens is 2. The molecule has 0 aliphatic rings. The zero-order chi connectivity index (χ0) is 13.1. The monoisotopic (exact) mass is 375 g/mol. The van der Waals surface area contributed by atoms with Gasteiger partial charge in [-0.15, -0.1) is 0 Å². The second-order valence-electron chi connectivity index (χ2n) is 4.43. The molecule has 0 bridgehead atoms. The van der Waals surface area contributed by atoms with Crippen molar-refractivity contribution in [2.24, 2.45) is 0 Å². The number of furan rings is 1. The largest absolute Gasteiger partial charge is 0.460 e. The number of benzene rings is 1. The van der Waals surface area contributed by atoms with Crippen LogP contribution >= 0.6 is 34.2 Å². The summed E-state index contributed by atoms with van der Waals surface area (Å²) in [4.78, 5) is 0. The molecule has 0 saturated carbocycles. The molecule has 0 fully saturated rings. The van der Waals surface area contributed by atoms with Crippen molar-refractivity contribution in [3.63, 3.8) is 0 Å². The maximum absolute atomic E-state index is 6.22. The van der Waals surface area contributed by atoms with Gasteiger partial charge in [-0.25, -0.2) is 0 Å². The molecule has 0 unspecified atom stereocenters. The Morgan fingerprint density at radius 2 is 2.06 bits per heavy atom. The van der Waals surface area contributed by atoms with E-state index in [4.69, 9.17) is 16.0 Å². The van der Waals surface area contributed by atoms with Gasteiger partial charge in [-0.05, 0) is 52.9 Å². The van der Waals surface area contributed by atoms with Crippen LogP contribution in [0.4, 0.5) is 0 Å². The highest BCUT2D eigenvalue weighted by Crippen LogP contribution is 2.30. The summed E-state index contributed by atoms with van der Waals surface area (Å²) in [7, 11) is 0. The van der Waals surface area contributed by atoms with Gasteiger partial charge in [0.1, 0.15) is 11.5 Å². The summed E-state index contributed by atoms with van der Waals surface area (Å²) in [6, 6.07) is 10.3. The molecular weight excluding hydrogens is 361 g/mol. The first kappa shape index (κ1) is 13.9. The Kier molecular flexibility index (Phi) is 4.70. The van der Waals surface area contributed by atoms with E-state index < -0.39 is 0 Å². The summed E-state index contributed by atoms with van der Waals surface area (Å²) >= 11 is 8.46. The summed E-state index contributed by atoms with van der Waals surface area (Å²) in [5.74, 6) is 1.74. The highest BCUT2D eigenvalue weighted by Gasteiger charge is 2.09. The number of hydrogen-bond donors (Lipinski definition) is 1. The standard InChI is InChI=1S/C14H15ClINO/c1-9(2)17-8-11-4-6-14(18-11)12-5-3-10(16)7-13(12)15/h3-7,9,17H,8H2,1-2H3. The van der Waals surface area contributed by atoms with Gasteiger partial charge in [-0.1, -0.05) is 25.4 Å². The predicted molar refractivity (Wildman–Crippen MR) is 83.8 cm³/mol. The average molecular weight is 376 g/mol. The summed E-state index contributed by atoms with van der Waals surface area (Å²) in [6.07, 6.45) is 0. The fourth-order valence-corrected chi connectivity index (χ4v) is 2.56. The van der Waals surface area contributed by atoms with Gasteiger partial charge in [-0.3, -0.25) is 0 Å². The average Bonchev–Trinajstić information content (AvgIpc) is 2.75. The van der Waals surface area contributed by atoms with Crippen LogP contribution in [-0.2, 0) is 6.54 Å². The highest BCUT2D eigenvalue weighted by atomic mass is 127. The molecule has 2 aromatic rings. The van der Waals surface area contributed by atoms with Crippen LogP contribution in [0, 0.1) is 3.57 Å². The molecule has 18 heavy (non-hydrogen) atoms. The van der Waals surface area contributed by atoms with Crippen LogP contribution < -0.4 is 5.32 Å². The first-order valence-corrected chi connectivity index (χ1v) is 7.29. The second kappa shape index (κ2) is 6.08. The lowest BCUT2D eigenvalue weighted by molar-refractivity contribution is 0.473. The first-order valence-electron chi connectivity index (χ1n) is 5.84. The lowest BCUT2D eigenvalue weighted by Gasteiger charge is -2.05. The fraction of sp³-hybridized carbons (Fsp3) is 0.286. The summed E-state index contributed by atoms with van der Waals surface area (Å²) in [6.45, 7) is 4.96. The molecule has 4 heteroatoms. The van der Waals surface area contributed by atoms with Crippen LogP contribution in [0.5, 0.6) is 0 Å². The Hall–Kier alpha value is -0.520. The predicted octanol–water partition coefficient (Wildman–Crippen LogP) is 4.70. The van der Waals surface area contributed by atoms with Crippen LogP contribution in [0.25, 0.3) is 11.3 Å². The summed E-state index contributed by atoms with van der Waals surface area (Å²) in [5, 5.41) is 4.04. The van der Waals surface area contributed by atoms with Gasteiger partial charge in [0.05, 0.1) is 11.6 Å². The topological polar surface area (TPSA) is 25.2 Å². The quantitative estimate of drug-likeness (QED) is 0.784. The van der Waals surface area contributed by atoms with Gasteiger partial charge in [-0.2, -0.15) is 0 Å². The van der Waals surface area contributed by atoms with Crippen molar-refractivity contribution in [3.05, 3.63) is 44.7 Å². The third kappa shape index (κ3) is 3.49. The normalized spacial score (nSPS) is 11.2. The van der Waals surface area contributed by atoms with Gasteiger partial charge < -0.3 is 9.73 Å². The molecule has 0 amide bonds. The van der Waals surface area contributed by atoms with Crippen molar-refractivity contribution in [1.82, 2.24) is 5.32 Å². The van der Waals surface area contributed by atoms with Crippen LogP contribution in [-0.4, -0.2) is 6.04 Å². The number of rotatable bonds is 4. The van der Waals surface area contributed by atoms with Crippen molar-refractivity contribution in [2.75, 3.05) is 0 Å². The maximum Gasteiger partial charge on any atom is 0.135 e. The lowest BCUT2D eigenvalue weighted by atomic mass is 10.2. The van der Waals surface area contributed by atoms with Gasteiger partial charge in [0.25, 0.3) is 0 Å². The molecular formula is C14H15ClINO. The van der Waals surface area contributed by atoms with Crippen LogP contribution in [0.15, 0.2) is 34.7 Å². The van der Waals surface area contributed by atoms with Crippen molar-refractivity contribution in [2.45, 2.75) is 26.4 Å². The fourth-order valence-electron chi connectivity index (χ4n) is 1.61. The van der Waals surface area contributed by atoms with E-state index in [-0.39, 0.29) is 0 Å². The molecule has 0 saturated heterocycles. The SMILES string of the molecule is CC(C)NCc1ccc(-c2ccc(I)cc2Cl)o1. The van der Waals surface area contributed by atoms with Gasteiger partial charge in [0.15, 0.2) is 0 Å². The lowest BCUT2D eigenvalue weighted by Crippen LogP contribution is -2.21. The first-order chi connectivity index (χ1) is 8.56. The van der Waals surface area contributed by atoms with E-state index in [0.717, 1.165) is 32.2 Å². The smallest absolute Gasteiger partial charge is 0.135 e. The molecule has 1 aromatic heterocycles. The Morgan fingerprint density at radius 1 is 1.28 bits per heavy atom. The maximum atomic E-state index is 6.22. The molecule has 2 rings (SSSR count). The minimum absolute atomic E-state index is 0.445. The molecule has 0 spiro atoms. The van der Waals surface area contributed by atoms with Crippen molar-refractivity contribution in [1.29, 1.82) is 0 Å². The highest BCUT2D eigenvalue weighted by molar-refractivity contribution is 14.1. The van der Waals surface area contributed by atoms with Gasteiger partial charge in [0.2, 0.25) is 0 Å². The number of hydrogen-bond acceptors (Lipinski definition) is 2. The molecule has 0 atom stereocenters. The Bertz CT molecular complexity index is 536. The van der Waals surface area contributed by atoms with E-state index in [0.29, 0.717) is 6.04 Å². The molecule has 2 nitrogen and oxygen atoms in total. The van der Waals surface area contributed by atoms with Crippen molar-refractivity contribution < 1.29 is 4.42 Å². The van der Waals surface area contributed by atoms with E-state index in [1.807, 2.05) is 30.3 Å². The Balaban J connectivity index is 2.18. The molecule has 0 radical (unpaired) electrons. The van der Waals surface area contributed by atoms with E-state index in [1.54, 1.807) is 0 Å². The molecule has 0 aliphatic carbocycles. The third-order valence-electron chi connectivity index (χ3n) is 2.54. The summed E-state index contributed by atoms with van der Waals surface area (Å²) in [5.41, 5.74) is 0.938. The molecule has 96 valence electrons. The van der Waals surface area contributed by atoms with Crippen molar-refractivity contribution in [3.8, 4) is 11.3 Å². The van der Waals surface area contributed by atoms with E-state index >= 15 is 0 Å². The molecule has 1 aromatic carbocycles. The van der Waals surface area contributed by atoms with E-state index in [9.17, 15) is 0 Å². The third-order valence-corrected chi connectivity index (χ3v) is 3.53. The Morgan fingerprint density at radius 3 is 2.72 bits per heavy atom. The van der Waals surface area contributed by atoms with Crippen LogP contribution in [0.1, 0.15) is 19.6 Å². The molecule has 0 aliphatic heterocycles. The Labute approximate surface area is 126 Å². The van der Waals surface area contributed by atoms with Crippen LogP contribution in [0.3, 0.4) is 0 Å². The van der Waals surface area contributed by atoms with Crippen molar-refractivity contribution >= 4 is 34.2 Å². The second-order valence-corrected chi connectivity index (χ2v) is 6.08. The zero-order valence-electron chi connectivity index (χ0n) is 10.3. The number of nitrogens with one attached hydrogen (secondary N) is 1. The van der Waals surface area contributed by atoms with Gasteiger partial charge in [0, 0.05) is 15.2 Å². The zero-order valence-corrected chi connectivity index (χ0v) is 13.2. The summed E-state index contributed by atoms with van der Waals surface area (Å²) < 4.78 is 6.91.